The summed E-state index contributed by atoms with van der Waals surface area (Å²) < 4.78 is 0. The third-order valence-electron chi connectivity index (χ3n) is 3.93. The Bertz CT molecular complexity index is 716. The van der Waals surface area contributed by atoms with E-state index in [4.69, 9.17) is 0 Å². The molecule has 3 amide bonds. The number of nitrogens with one attached hydrogen (secondary N) is 3. The molecule has 2 aromatic rings. The third-order valence-corrected chi connectivity index (χ3v) is 4.83. The number of thiophene rings is 1. The van der Waals surface area contributed by atoms with Crippen molar-refractivity contribution in [3.8, 4) is 0 Å². The van der Waals surface area contributed by atoms with Crippen molar-refractivity contribution in [3.05, 3.63) is 51.7 Å². The number of hydrogen-bond donors (Lipinski definition) is 4. The SMILES string of the molecule is CNC(=O)c1cccc(NC(=O)NC[C@@H](CO)Cc2cccs2)c1C. The summed E-state index contributed by atoms with van der Waals surface area (Å²) in [5, 5.41) is 19.6. The van der Waals surface area contributed by atoms with Gasteiger partial charge in [-0.1, -0.05) is 12.1 Å². The Balaban J connectivity index is 1.92. The smallest absolute Gasteiger partial charge is 0.319 e. The van der Waals surface area contributed by atoms with E-state index < -0.39 is 0 Å². The molecule has 1 aromatic carbocycles. The lowest BCUT2D eigenvalue weighted by molar-refractivity contribution is 0.0962. The van der Waals surface area contributed by atoms with E-state index in [2.05, 4.69) is 16.0 Å². The molecule has 25 heavy (non-hydrogen) atoms. The normalized spacial score (nSPS) is 11.6. The molecule has 1 atom stereocenters. The molecule has 0 aliphatic carbocycles. The largest absolute Gasteiger partial charge is 0.396 e. The summed E-state index contributed by atoms with van der Waals surface area (Å²) >= 11 is 1.63. The predicted octanol–water partition coefficient (Wildman–Crippen LogP) is 2.39. The van der Waals surface area contributed by atoms with Gasteiger partial charge in [-0.05, 0) is 42.5 Å². The molecule has 2 rings (SSSR count). The van der Waals surface area contributed by atoms with Gasteiger partial charge in [-0.3, -0.25) is 4.79 Å². The molecule has 0 bridgehead atoms. The number of aliphatic hydroxyl groups excluding tert-OH is 1. The Morgan fingerprint density at radius 2 is 2.04 bits per heavy atom. The highest BCUT2D eigenvalue weighted by atomic mass is 32.1. The summed E-state index contributed by atoms with van der Waals surface area (Å²) in [7, 11) is 1.57. The van der Waals surface area contributed by atoms with E-state index in [0.717, 1.165) is 6.42 Å². The molecule has 0 unspecified atom stereocenters. The van der Waals surface area contributed by atoms with Crippen molar-refractivity contribution in [1.29, 1.82) is 0 Å². The van der Waals surface area contributed by atoms with Gasteiger partial charge in [-0.15, -0.1) is 11.3 Å². The van der Waals surface area contributed by atoms with Crippen molar-refractivity contribution < 1.29 is 14.7 Å². The van der Waals surface area contributed by atoms with E-state index in [0.29, 0.717) is 23.4 Å². The van der Waals surface area contributed by atoms with Crippen molar-refractivity contribution >= 4 is 29.0 Å². The monoisotopic (exact) mass is 361 g/mol. The Morgan fingerprint density at radius 1 is 1.24 bits per heavy atom. The number of amides is 3. The summed E-state index contributed by atoms with van der Waals surface area (Å²) in [6.45, 7) is 2.16. The first-order valence-electron chi connectivity index (χ1n) is 8.05. The van der Waals surface area contributed by atoms with Crippen molar-refractivity contribution in [2.75, 3.05) is 25.5 Å². The van der Waals surface area contributed by atoms with Gasteiger partial charge in [0.25, 0.3) is 5.91 Å². The molecule has 1 heterocycles. The average molecular weight is 361 g/mol. The third kappa shape index (κ3) is 5.30. The zero-order valence-corrected chi connectivity index (χ0v) is 15.2. The number of aliphatic hydroxyl groups is 1. The van der Waals surface area contributed by atoms with Crippen LogP contribution in [-0.2, 0) is 6.42 Å². The van der Waals surface area contributed by atoms with E-state index in [1.54, 1.807) is 43.5 Å². The fraction of sp³-hybridized carbons (Fsp3) is 0.333. The molecule has 0 saturated heterocycles. The first-order valence-corrected chi connectivity index (χ1v) is 8.93. The highest BCUT2D eigenvalue weighted by molar-refractivity contribution is 7.09. The van der Waals surface area contributed by atoms with Gasteiger partial charge >= 0.3 is 6.03 Å². The highest BCUT2D eigenvalue weighted by Crippen LogP contribution is 2.19. The zero-order chi connectivity index (χ0) is 18.2. The standard InChI is InChI=1S/C18H23N3O3S/c1-12-15(17(23)19-2)6-3-7-16(12)21-18(24)20-10-13(11-22)9-14-5-4-8-25-14/h3-8,13,22H,9-11H2,1-2H3,(H,19,23)(H2,20,21,24)/t13-/m0/s1. The van der Waals surface area contributed by atoms with Crippen molar-refractivity contribution in [3.63, 3.8) is 0 Å². The van der Waals surface area contributed by atoms with Crippen LogP contribution >= 0.6 is 11.3 Å². The Kier molecular flexibility index (Phi) is 6.97. The maximum absolute atomic E-state index is 12.1. The molecule has 1 aromatic heterocycles. The second-order valence-electron chi connectivity index (χ2n) is 5.72. The van der Waals surface area contributed by atoms with Crippen LogP contribution in [0.5, 0.6) is 0 Å². The van der Waals surface area contributed by atoms with Crippen LogP contribution < -0.4 is 16.0 Å². The fourth-order valence-electron chi connectivity index (χ4n) is 2.47. The molecule has 0 radical (unpaired) electrons. The maximum Gasteiger partial charge on any atom is 0.319 e. The predicted molar refractivity (Wildman–Crippen MR) is 100 cm³/mol. The summed E-state index contributed by atoms with van der Waals surface area (Å²) in [4.78, 5) is 25.1. The van der Waals surface area contributed by atoms with Crippen LogP contribution in [0.2, 0.25) is 0 Å². The number of carbonyl (C=O) groups is 2. The molecule has 0 fully saturated rings. The van der Waals surface area contributed by atoms with Gasteiger partial charge in [-0.2, -0.15) is 0 Å². The van der Waals surface area contributed by atoms with Gasteiger partial charge in [0.1, 0.15) is 0 Å². The van der Waals surface area contributed by atoms with Gasteiger partial charge in [0.05, 0.1) is 0 Å². The molecular formula is C18H23N3O3S. The van der Waals surface area contributed by atoms with E-state index in [1.165, 1.54) is 4.88 Å². The minimum atomic E-state index is -0.359. The van der Waals surface area contributed by atoms with Crippen molar-refractivity contribution in [2.24, 2.45) is 5.92 Å². The number of hydrogen-bond acceptors (Lipinski definition) is 4. The van der Waals surface area contributed by atoms with Crippen LogP contribution in [0.15, 0.2) is 35.7 Å². The Labute approximate surface area is 151 Å². The van der Waals surface area contributed by atoms with Crippen molar-refractivity contribution in [2.45, 2.75) is 13.3 Å². The summed E-state index contributed by atoms with van der Waals surface area (Å²) in [5.41, 5.74) is 1.80. The fourth-order valence-corrected chi connectivity index (χ4v) is 3.29. The summed E-state index contributed by atoms with van der Waals surface area (Å²) in [5.74, 6) is -0.236. The van der Waals surface area contributed by atoms with Crippen LogP contribution in [0.25, 0.3) is 0 Å². The summed E-state index contributed by atoms with van der Waals surface area (Å²) in [6.07, 6.45) is 0.722. The van der Waals surface area contributed by atoms with E-state index >= 15 is 0 Å². The number of benzene rings is 1. The second kappa shape index (κ2) is 9.19. The summed E-state index contributed by atoms with van der Waals surface area (Å²) in [6, 6.07) is 8.80. The van der Waals surface area contributed by atoms with E-state index in [9.17, 15) is 14.7 Å². The van der Waals surface area contributed by atoms with Crippen LogP contribution in [0.1, 0.15) is 20.8 Å². The zero-order valence-electron chi connectivity index (χ0n) is 14.3. The first-order chi connectivity index (χ1) is 12.0. The van der Waals surface area contributed by atoms with Gasteiger partial charge in [-0.25, -0.2) is 4.79 Å². The Hall–Kier alpha value is -2.38. The quantitative estimate of drug-likeness (QED) is 0.610. The minimum Gasteiger partial charge on any atom is -0.396 e. The molecular weight excluding hydrogens is 338 g/mol. The van der Waals surface area contributed by atoms with E-state index in [-0.39, 0.29) is 24.5 Å². The van der Waals surface area contributed by atoms with Crippen LogP contribution in [-0.4, -0.2) is 37.2 Å². The average Bonchev–Trinajstić information content (AvgIpc) is 3.12. The lowest BCUT2D eigenvalue weighted by atomic mass is 10.1. The Morgan fingerprint density at radius 3 is 2.68 bits per heavy atom. The topological polar surface area (TPSA) is 90.5 Å². The number of carbonyl (C=O) groups excluding carboxylic acids is 2. The maximum atomic E-state index is 12.1. The molecule has 6 nitrogen and oxygen atoms in total. The lowest BCUT2D eigenvalue weighted by Crippen LogP contribution is -2.35. The molecule has 0 aliphatic heterocycles. The number of rotatable bonds is 7. The molecule has 0 aliphatic rings. The van der Waals surface area contributed by atoms with Gasteiger partial charge < -0.3 is 21.1 Å². The van der Waals surface area contributed by atoms with Gasteiger partial charge in [0.2, 0.25) is 0 Å². The van der Waals surface area contributed by atoms with Crippen LogP contribution in [0.3, 0.4) is 0 Å². The highest BCUT2D eigenvalue weighted by Gasteiger charge is 2.14. The lowest BCUT2D eigenvalue weighted by Gasteiger charge is -2.16. The van der Waals surface area contributed by atoms with Gasteiger partial charge in [0, 0.05) is 42.2 Å². The molecule has 7 heteroatoms. The first kappa shape index (κ1) is 19.0. The molecule has 4 N–H and O–H groups in total. The van der Waals surface area contributed by atoms with Crippen molar-refractivity contribution in [1.82, 2.24) is 10.6 Å². The number of anilines is 1. The van der Waals surface area contributed by atoms with Gasteiger partial charge in [0.15, 0.2) is 0 Å². The molecule has 0 saturated carbocycles. The molecule has 134 valence electrons. The van der Waals surface area contributed by atoms with E-state index in [1.807, 2.05) is 17.5 Å². The number of urea groups is 1. The van der Waals surface area contributed by atoms with Crippen LogP contribution in [0.4, 0.5) is 10.5 Å². The second-order valence-corrected chi connectivity index (χ2v) is 6.76. The molecule has 0 spiro atoms. The van der Waals surface area contributed by atoms with Crippen LogP contribution in [0, 0.1) is 12.8 Å². The minimum absolute atomic E-state index is 0.00334.